The van der Waals surface area contributed by atoms with Gasteiger partial charge in [0.1, 0.15) is 0 Å². The molecular weight excluding hydrogens is 224 g/mol. The topological polar surface area (TPSA) is 56.7 Å². The lowest BCUT2D eigenvalue weighted by molar-refractivity contribution is 0.538. The van der Waals surface area contributed by atoms with Gasteiger partial charge in [0.25, 0.3) is 0 Å². The van der Waals surface area contributed by atoms with E-state index in [0.717, 1.165) is 24.1 Å². The molecule has 0 bridgehead atoms. The summed E-state index contributed by atoms with van der Waals surface area (Å²) >= 11 is 0. The first kappa shape index (κ1) is 11.4. The van der Waals surface area contributed by atoms with Crippen molar-refractivity contribution < 1.29 is 0 Å². The van der Waals surface area contributed by atoms with E-state index in [0.29, 0.717) is 5.92 Å². The lowest BCUT2D eigenvalue weighted by atomic mass is 9.92. The van der Waals surface area contributed by atoms with Crippen molar-refractivity contribution in [3.63, 3.8) is 0 Å². The Labute approximate surface area is 107 Å². The maximum Gasteiger partial charge on any atom is 0.0540 e. The van der Waals surface area contributed by atoms with Crippen LogP contribution in [0.15, 0.2) is 24.5 Å². The van der Waals surface area contributed by atoms with Crippen LogP contribution >= 0.6 is 0 Å². The van der Waals surface area contributed by atoms with E-state index in [4.69, 9.17) is 5.73 Å². The van der Waals surface area contributed by atoms with Gasteiger partial charge in [0.2, 0.25) is 0 Å². The minimum atomic E-state index is -0.00477. The summed E-state index contributed by atoms with van der Waals surface area (Å²) in [7, 11) is 1.95. The third-order valence-electron chi connectivity index (χ3n) is 4.07. The molecule has 2 unspecified atom stereocenters. The predicted molar refractivity (Wildman–Crippen MR) is 70.2 cm³/mol. The van der Waals surface area contributed by atoms with E-state index in [1.165, 1.54) is 11.3 Å². The molecule has 4 heteroatoms. The van der Waals surface area contributed by atoms with Gasteiger partial charge in [-0.25, -0.2) is 0 Å². The van der Waals surface area contributed by atoms with E-state index in [1.54, 1.807) is 0 Å². The van der Waals surface area contributed by atoms with Crippen LogP contribution in [0.4, 0.5) is 0 Å². The third kappa shape index (κ3) is 1.64. The molecule has 94 valence electrons. The minimum absolute atomic E-state index is 0.00477. The second kappa shape index (κ2) is 4.21. The third-order valence-corrected chi connectivity index (χ3v) is 4.07. The molecule has 4 nitrogen and oxygen atoms in total. The number of aromatic nitrogens is 3. The minimum Gasteiger partial charge on any atom is -0.323 e. The maximum atomic E-state index is 6.44. The summed E-state index contributed by atoms with van der Waals surface area (Å²) in [5.41, 5.74) is 11.2. The lowest BCUT2D eigenvalue weighted by Gasteiger charge is -2.19. The van der Waals surface area contributed by atoms with Gasteiger partial charge in [0.15, 0.2) is 0 Å². The normalized spacial score (nSPS) is 19.8. The Morgan fingerprint density at radius 1 is 1.50 bits per heavy atom. The Morgan fingerprint density at radius 3 is 3.06 bits per heavy atom. The second-order valence-corrected chi connectivity index (χ2v) is 5.03. The van der Waals surface area contributed by atoms with E-state index in [9.17, 15) is 0 Å². The Balaban J connectivity index is 1.95. The van der Waals surface area contributed by atoms with Crippen molar-refractivity contribution in [2.45, 2.75) is 31.7 Å². The summed E-state index contributed by atoms with van der Waals surface area (Å²) in [5, 5.41) is 4.28. The van der Waals surface area contributed by atoms with Crippen LogP contribution < -0.4 is 5.73 Å². The summed E-state index contributed by atoms with van der Waals surface area (Å²) in [6, 6.07) is 4.16. The molecule has 0 aromatic carbocycles. The summed E-state index contributed by atoms with van der Waals surface area (Å²) in [4.78, 5) is 4.52. The molecule has 0 amide bonds. The van der Waals surface area contributed by atoms with Crippen LogP contribution in [-0.2, 0) is 13.5 Å². The number of rotatable bonds is 2. The van der Waals surface area contributed by atoms with Crippen LogP contribution in [-0.4, -0.2) is 14.8 Å². The molecule has 0 saturated carbocycles. The molecule has 2 aromatic heterocycles. The van der Waals surface area contributed by atoms with Crippen LogP contribution in [0.2, 0.25) is 0 Å². The Bertz CT molecular complexity index is 573. The van der Waals surface area contributed by atoms with Crippen molar-refractivity contribution in [1.82, 2.24) is 14.8 Å². The number of pyridine rings is 1. The molecule has 18 heavy (non-hydrogen) atoms. The van der Waals surface area contributed by atoms with Crippen molar-refractivity contribution in [3.05, 3.63) is 47.0 Å². The van der Waals surface area contributed by atoms with Gasteiger partial charge < -0.3 is 5.73 Å². The predicted octanol–water partition coefficient (Wildman–Crippen LogP) is 1.85. The van der Waals surface area contributed by atoms with Crippen LogP contribution in [0.5, 0.6) is 0 Å². The van der Waals surface area contributed by atoms with Crippen LogP contribution in [0.3, 0.4) is 0 Å². The molecule has 2 atom stereocenters. The summed E-state index contributed by atoms with van der Waals surface area (Å²) in [6.45, 7) is 2.07. The Hall–Kier alpha value is -1.68. The highest BCUT2D eigenvalue weighted by Gasteiger charge is 2.31. The average molecular weight is 242 g/mol. The van der Waals surface area contributed by atoms with E-state index < -0.39 is 0 Å². The molecule has 1 aliphatic carbocycles. The van der Waals surface area contributed by atoms with E-state index >= 15 is 0 Å². The lowest BCUT2D eigenvalue weighted by Crippen LogP contribution is -2.19. The van der Waals surface area contributed by atoms with Gasteiger partial charge in [-0.05, 0) is 31.4 Å². The highest BCUT2D eigenvalue weighted by molar-refractivity contribution is 5.33. The van der Waals surface area contributed by atoms with Crippen molar-refractivity contribution in [3.8, 4) is 0 Å². The second-order valence-electron chi connectivity index (χ2n) is 5.03. The van der Waals surface area contributed by atoms with Gasteiger partial charge in [-0.15, -0.1) is 0 Å². The molecule has 0 aliphatic heterocycles. The molecule has 2 aromatic rings. The molecule has 3 rings (SSSR count). The van der Waals surface area contributed by atoms with Crippen molar-refractivity contribution in [2.75, 3.05) is 0 Å². The van der Waals surface area contributed by atoms with Gasteiger partial charge >= 0.3 is 0 Å². The number of hydrogen-bond donors (Lipinski definition) is 1. The molecule has 2 heterocycles. The van der Waals surface area contributed by atoms with Crippen LogP contribution in [0.25, 0.3) is 0 Å². The zero-order valence-electron chi connectivity index (χ0n) is 10.8. The van der Waals surface area contributed by atoms with Crippen molar-refractivity contribution in [2.24, 2.45) is 12.8 Å². The van der Waals surface area contributed by atoms with Crippen molar-refractivity contribution in [1.29, 1.82) is 0 Å². The van der Waals surface area contributed by atoms with Gasteiger partial charge in [-0.1, -0.05) is 6.07 Å². The average Bonchev–Trinajstić information content (AvgIpc) is 2.94. The molecule has 0 radical (unpaired) electrons. The zero-order chi connectivity index (χ0) is 12.7. The Kier molecular flexibility index (Phi) is 2.67. The summed E-state index contributed by atoms with van der Waals surface area (Å²) < 4.78 is 1.88. The van der Waals surface area contributed by atoms with Crippen LogP contribution in [0, 0.1) is 6.92 Å². The first-order valence-electron chi connectivity index (χ1n) is 6.36. The van der Waals surface area contributed by atoms with Gasteiger partial charge in [0.05, 0.1) is 6.20 Å². The number of fused-ring (bicyclic) bond motifs is 1. The highest BCUT2D eigenvalue weighted by Crippen LogP contribution is 2.39. The van der Waals surface area contributed by atoms with E-state index in [2.05, 4.69) is 23.1 Å². The van der Waals surface area contributed by atoms with Gasteiger partial charge in [-0.3, -0.25) is 9.67 Å². The maximum absolute atomic E-state index is 6.44. The van der Waals surface area contributed by atoms with Crippen LogP contribution in [0.1, 0.15) is 40.9 Å². The monoisotopic (exact) mass is 242 g/mol. The number of nitrogens with zero attached hydrogens (tertiary/aromatic N) is 3. The number of aryl methyl sites for hydroxylation is 2. The van der Waals surface area contributed by atoms with E-state index in [1.807, 2.05) is 30.2 Å². The molecule has 0 fully saturated rings. The van der Waals surface area contributed by atoms with Gasteiger partial charge in [-0.2, -0.15) is 5.10 Å². The summed E-state index contributed by atoms with van der Waals surface area (Å²) in [6.07, 6.45) is 5.92. The molecule has 1 aliphatic rings. The first-order chi connectivity index (χ1) is 8.68. The fraction of sp³-hybridized carbons (Fsp3) is 0.429. The summed E-state index contributed by atoms with van der Waals surface area (Å²) in [5.74, 6) is 0.323. The molecule has 0 spiro atoms. The molecule has 2 N–H and O–H groups in total. The fourth-order valence-corrected chi connectivity index (χ4v) is 2.85. The largest absolute Gasteiger partial charge is 0.323 e. The molecule has 0 saturated heterocycles. The smallest absolute Gasteiger partial charge is 0.0540 e. The van der Waals surface area contributed by atoms with Crippen molar-refractivity contribution >= 4 is 0 Å². The number of nitrogens with two attached hydrogens (primary N) is 1. The van der Waals surface area contributed by atoms with Gasteiger partial charge in [0, 0.05) is 42.2 Å². The quantitative estimate of drug-likeness (QED) is 0.874. The number of hydrogen-bond acceptors (Lipinski definition) is 3. The SMILES string of the molecule is Cc1c(C(N)C2CCc3cccnc32)cnn1C. The first-order valence-corrected chi connectivity index (χ1v) is 6.36. The highest BCUT2D eigenvalue weighted by atomic mass is 15.3. The molecular formula is C14H18N4. The standard InChI is InChI=1S/C14H18N4/c1-9-12(8-17-18(9)2)13(15)11-6-5-10-4-3-7-16-14(10)11/h3-4,7-8,11,13H,5-6,15H2,1-2H3. The zero-order valence-corrected chi connectivity index (χ0v) is 10.8. The van der Waals surface area contributed by atoms with E-state index in [-0.39, 0.29) is 6.04 Å². The Morgan fingerprint density at radius 2 is 2.33 bits per heavy atom. The fourth-order valence-electron chi connectivity index (χ4n) is 2.85.